The fourth-order valence-electron chi connectivity index (χ4n) is 1.20. The monoisotopic (exact) mass is 205 g/mol. The standard InChI is InChI=1S/C10H11N3O2/c1-10(2,6-11)8-5-7(3-4-12-8)9(14)13-15/h3,5,12H,4H2,1-2H3. The summed E-state index contributed by atoms with van der Waals surface area (Å²) < 4.78 is 0. The van der Waals surface area contributed by atoms with E-state index in [-0.39, 0.29) is 5.57 Å². The summed E-state index contributed by atoms with van der Waals surface area (Å²) in [7, 11) is 0. The summed E-state index contributed by atoms with van der Waals surface area (Å²) in [4.78, 5) is 21.1. The molecule has 0 aromatic rings. The van der Waals surface area contributed by atoms with Gasteiger partial charge in [0, 0.05) is 23.0 Å². The van der Waals surface area contributed by atoms with E-state index in [2.05, 4.69) is 16.6 Å². The lowest BCUT2D eigenvalue weighted by molar-refractivity contribution is -0.114. The van der Waals surface area contributed by atoms with Crippen molar-refractivity contribution in [1.29, 1.82) is 5.26 Å². The van der Waals surface area contributed by atoms with Crippen LogP contribution in [0, 0.1) is 21.7 Å². The Hall–Kier alpha value is -1.96. The molecule has 5 heteroatoms. The maximum atomic E-state index is 11.0. The number of hydrogen-bond acceptors (Lipinski definition) is 4. The van der Waals surface area contributed by atoms with Gasteiger partial charge in [0.1, 0.15) is 0 Å². The zero-order chi connectivity index (χ0) is 11.5. The van der Waals surface area contributed by atoms with E-state index < -0.39 is 11.3 Å². The Balaban J connectivity index is 3.01. The summed E-state index contributed by atoms with van der Waals surface area (Å²) in [5, 5.41) is 14.2. The number of allylic oxidation sites excluding steroid dienone is 1. The van der Waals surface area contributed by atoms with Crippen molar-refractivity contribution in [3.63, 3.8) is 0 Å². The smallest absolute Gasteiger partial charge is 0.316 e. The van der Waals surface area contributed by atoms with Crippen molar-refractivity contribution < 1.29 is 4.79 Å². The van der Waals surface area contributed by atoms with Crippen LogP contribution in [-0.2, 0) is 4.79 Å². The summed E-state index contributed by atoms with van der Waals surface area (Å²) >= 11 is 0. The van der Waals surface area contributed by atoms with Gasteiger partial charge in [0.2, 0.25) is 0 Å². The highest BCUT2D eigenvalue weighted by molar-refractivity contribution is 5.97. The molecule has 0 radical (unpaired) electrons. The second kappa shape index (κ2) is 4.05. The van der Waals surface area contributed by atoms with Gasteiger partial charge in [0.15, 0.2) is 0 Å². The van der Waals surface area contributed by atoms with Crippen LogP contribution >= 0.6 is 0 Å². The third kappa shape index (κ3) is 2.29. The van der Waals surface area contributed by atoms with E-state index in [1.165, 1.54) is 6.08 Å². The number of amides is 1. The second-order valence-electron chi connectivity index (χ2n) is 3.73. The van der Waals surface area contributed by atoms with E-state index in [0.717, 1.165) is 0 Å². The number of nitrogens with one attached hydrogen (secondary N) is 1. The van der Waals surface area contributed by atoms with Gasteiger partial charge in [-0.2, -0.15) is 5.26 Å². The Labute approximate surface area is 87.4 Å². The lowest BCUT2D eigenvalue weighted by Gasteiger charge is -2.23. The van der Waals surface area contributed by atoms with Crippen molar-refractivity contribution in [2.24, 2.45) is 10.6 Å². The lowest BCUT2D eigenvalue weighted by atomic mass is 9.88. The highest BCUT2D eigenvalue weighted by atomic mass is 16.3. The molecule has 0 unspecified atom stereocenters. The Morgan fingerprint density at radius 3 is 2.87 bits per heavy atom. The van der Waals surface area contributed by atoms with Crippen LogP contribution in [0.3, 0.4) is 0 Å². The molecule has 0 saturated carbocycles. The first-order valence-electron chi connectivity index (χ1n) is 4.46. The summed E-state index contributed by atoms with van der Waals surface area (Å²) in [5.74, 6) is -0.803. The summed E-state index contributed by atoms with van der Waals surface area (Å²) in [5.41, 5.74) is 0.157. The summed E-state index contributed by atoms with van der Waals surface area (Å²) in [6.07, 6.45) is 3.07. The third-order valence-corrected chi connectivity index (χ3v) is 2.20. The molecule has 0 atom stereocenters. The molecule has 1 N–H and O–H groups in total. The van der Waals surface area contributed by atoms with Crippen LogP contribution < -0.4 is 5.32 Å². The quantitative estimate of drug-likeness (QED) is 0.687. The number of nitriles is 1. The van der Waals surface area contributed by atoms with Crippen LogP contribution in [0.5, 0.6) is 0 Å². The zero-order valence-electron chi connectivity index (χ0n) is 8.57. The SMILES string of the molecule is CC(C)(C#N)C1=CC(C(=O)N=O)=CCN1. The van der Waals surface area contributed by atoms with Gasteiger partial charge < -0.3 is 5.32 Å². The van der Waals surface area contributed by atoms with Gasteiger partial charge >= 0.3 is 5.91 Å². The summed E-state index contributed by atoms with van der Waals surface area (Å²) in [6, 6.07) is 2.11. The van der Waals surface area contributed by atoms with Crippen molar-refractivity contribution in [1.82, 2.24) is 5.32 Å². The first-order chi connectivity index (χ1) is 7.01. The molecule has 15 heavy (non-hydrogen) atoms. The molecular weight excluding hydrogens is 194 g/mol. The predicted molar refractivity (Wildman–Crippen MR) is 54.4 cm³/mol. The highest BCUT2D eigenvalue weighted by Crippen LogP contribution is 2.25. The largest absolute Gasteiger partial charge is 0.384 e. The molecule has 1 rings (SSSR count). The van der Waals surface area contributed by atoms with Crippen LogP contribution in [-0.4, -0.2) is 12.5 Å². The van der Waals surface area contributed by atoms with Gasteiger partial charge in [0.05, 0.1) is 11.5 Å². The van der Waals surface area contributed by atoms with Crippen LogP contribution in [0.1, 0.15) is 13.8 Å². The molecule has 1 aliphatic rings. The van der Waals surface area contributed by atoms with Crippen molar-refractivity contribution in [3.8, 4) is 6.07 Å². The van der Waals surface area contributed by atoms with Crippen molar-refractivity contribution in [2.45, 2.75) is 13.8 Å². The van der Waals surface area contributed by atoms with Gasteiger partial charge in [-0.1, -0.05) is 6.08 Å². The van der Waals surface area contributed by atoms with Crippen molar-refractivity contribution in [3.05, 3.63) is 28.3 Å². The summed E-state index contributed by atoms with van der Waals surface area (Å²) in [6.45, 7) is 3.88. The van der Waals surface area contributed by atoms with E-state index in [9.17, 15) is 9.70 Å². The molecule has 5 nitrogen and oxygen atoms in total. The topological polar surface area (TPSA) is 82.3 Å². The minimum Gasteiger partial charge on any atom is -0.384 e. The number of nitrogens with zero attached hydrogens (tertiary/aromatic N) is 2. The molecule has 1 amide bonds. The number of carbonyl (C=O) groups is 1. The molecule has 0 aromatic carbocycles. The number of carbonyl (C=O) groups excluding carboxylic acids is 1. The molecule has 78 valence electrons. The van der Waals surface area contributed by atoms with Gasteiger partial charge in [0.25, 0.3) is 0 Å². The molecule has 0 saturated heterocycles. The lowest BCUT2D eigenvalue weighted by Crippen LogP contribution is -2.29. The number of hydrogen-bond donors (Lipinski definition) is 1. The molecule has 0 spiro atoms. The highest BCUT2D eigenvalue weighted by Gasteiger charge is 2.25. The van der Waals surface area contributed by atoms with Crippen LogP contribution in [0.15, 0.2) is 28.6 Å². The molecule has 1 heterocycles. The zero-order valence-corrected chi connectivity index (χ0v) is 8.57. The van der Waals surface area contributed by atoms with Crippen LogP contribution in [0.4, 0.5) is 0 Å². The molecule has 1 aliphatic heterocycles. The van der Waals surface area contributed by atoms with E-state index in [0.29, 0.717) is 12.2 Å². The molecular formula is C10H11N3O2. The minimum absolute atomic E-state index is 0.238. The Bertz CT molecular complexity index is 399. The third-order valence-electron chi connectivity index (χ3n) is 2.20. The van der Waals surface area contributed by atoms with Crippen LogP contribution in [0.25, 0.3) is 0 Å². The fraction of sp³-hybridized carbons (Fsp3) is 0.400. The first kappa shape index (κ1) is 11.1. The first-order valence-corrected chi connectivity index (χ1v) is 4.46. The van der Waals surface area contributed by atoms with E-state index in [1.54, 1.807) is 19.9 Å². The Morgan fingerprint density at radius 2 is 2.33 bits per heavy atom. The normalized spacial score (nSPS) is 15.5. The number of rotatable bonds is 2. The predicted octanol–water partition coefficient (Wildman–Crippen LogP) is 1.24. The number of nitroso groups, excluding NO2 is 1. The van der Waals surface area contributed by atoms with E-state index in [4.69, 9.17) is 5.26 Å². The molecule has 0 fully saturated rings. The van der Waals surface area contributed by atoms with E-state index in [1.807, 2.05) is 0 Å². The average molecular weight is 205 g/mol. The average Bonchev–Trinajstić information content (AvgIpc) is 2.28. The Kier molecular flexibility index (Phi) is 3.00. The maximum absolute atomic E-state index is 11.0. The molecule has 0 aromatic heterocycles. The van der Waals surface area contributed by atoms with Gasteiger partial charge in [-0.05, 0) is 19.9 Å². The molecule has 0 aliphatic carbocycles. The van der Waals surface area contributed by atoms with Crippen molar-refractivity contribution >= 4 is 5.91 Å². The minimum atomic E-state index is -0.803. The van der Waals surface area contributed by atoms with Gasteiger partial charge in [-0.3, -0.25) is 4.79 Å². The van der Waals surface area contributed by atoms with Crippen LogP contribution in [0.2, 0.25) is 0 Å². The van der Waals surface area contributed by atoms with Gasteiger partial charge in [-0.15, -0.1) is 4.91 Å². The number of dihydropyridines is 1. The van der Waals surface area contributed by atoms with Crippen molar-refractivity contribution in [2.75, 3.05) is 6.54 Å². The Morgan fingerprint density at radius 1 is 1.67 bits per heavy atom. The maximum Gasteiger partial charge on any atom is 0.316 e. The fourth-order valence-corrected chi connectivity index (χ4v) is 1.20. The second-order valence-corrected chi connectivity index (χ2v) is 3.73. The molecule has 0 bridgehead atoms. The van der Waals surface area contributed by atoms with E-state index >= 15 is 0 Å². The van der Waals surface area contributed by atoms with Gasteiger partial charge in [-0.25, -0.2) is 0 Å².